The zero-order chi connectivity index (χ0) is 17.5. The number of non-ortho nitro benzene ring substituents is 1. The predicted molar refractivity (Wildman–Crippen MR) is 88.3 cm³/mol. The molecule has 2 rings (SSSR count). The molecule has 0 radical (unpaired) electrons. The van der Waals surface area contributed by atoms with Crippen molar-refractivity contribution in [3.05, 3.63) is 69.5 Å². The first kappa shape index (κ1) is 16.9. The summed E-state index contributed by atoms with van der Waals surface area (Å²) in [6.07, 6.45) is 2.64. The summed E-state index contributed by atoms with van der Waals surface area (Å²) in [6.45, 7) is 0. The Balaban J connectivity index is 2.11. The summed E-state index contributed by atoms with van der Waals surface area (Å²) in [7, 11) is 0. The molecular weight excluding hydrogens is 334 g/mol. The first-order valence-corrected chi connectivity index (χ1v) is 6.91. The van der Waals surface area contributed by atoms with Gasteiger partial charge in [0.05, 0.1) is 4.92 Å². The van der Waals surface area contributed by atoms with E-state index in [-0.39, 0.29) is 16.9 Å². The number of carbonyl (C=O) groups is 1. The molecule has 0 atom stereocenters. The smallest absolute Gasteiger partial charge is 0.271 e. The lowest BCUT2D eigenvalue weighted by molar-refractivity contribution is -0.384. The van der Waals surface area contributed by atoms with E-state index in [9.17, 15) is 14.9 Å². The molecular formula is C15H10ClN5O3. The van der Waals surface area contributed by atoms with Crippen molar-refractivity contribution in [2.75, 3.05) is 10.6 Å². The highest BCUT2D eigenvalue weighted by Crippen LogP contribution is 2.18. The van der Waals surface area contributed by atoms with Crippen molar-refractivity contribution in [1.82, 2.24) is 4.98 Å². The molecule has 1 heterocycles. The zero-order valence-corrected chi connectivity index (χ0v) is 12.8. The first-order chi connectivity index (χ1) is 11.5. The molecule has 24 heavy (non-hydrogen) atoms. The van der Waals surface area contributed by atoms with E-state index in [1.165, 1.54) is 42.7 Å². The fourth-order valence-corrected chi connectivity index (χ4v) is 1.83. The number of nitro groups is 1. The minimum Gasteiger partial charge on any atom is -0.345 e. The Bertz CT molecular complexity index is 860. The second-order valence-corrected chi connectivity index (χ2v) is 4.87. The quantitative estimate of drug-likeness (QED) is 0.372. The highest BCUT2D eigenvalue weighted by Gasteiger charge is 2.12. The topological polar surface area (TPSA) is 121 Å². The molecule has 8 nitrogen and oxygen atoms in total. The summed E-state index contributed by atoms with van der Waals surface area (Å²) >= 11 is 5.80. The summed E-state index contributed by atoms with van der Waals surface area (Å²) in [6, 6.07) is 10.2. The molecule has 0 spiro atoms. The van der Waals surface area contributed by atoms with Gasteiger partial charge in [-0.15, -0.1) is 0 Å². The van der Waals surface area contributed by atoms with Gasteiger partial charge in [0.1, 0.15) is 17.5 Å². The van der Waals surface area contributed by atoms with Gasteiger partial charge in [0.2, 0.25) is 0 Å². The van der Waals surface area contributed by atoms with Crippen molar-refractivity contribution >= 4 is 34.7 Å². The molecule has 2 N–H and O–H groups in total. The Kier molecular flexibility index (Phi) is 5.44. The molecule has 0 fully saturated rings. The van der Waals surface area contributed by atoms with Gasteiger partial charge in [-0.2, -0.15) is 5.26 Å². The van der Waals surface area contributed by atoms with Gasteiger partial charge in [-0.3, -0.25) is 14.9 Å². The minimum absolute atomic E-state index is 0.170. The number of hydrogen-bond donors (Lipinski definition) is 2. The highest BCUT2D eigenvalue weighted by molar-refractivity contribution is 6.30. The van der Waals surface area contributed by atoms with Crippen molar-refractivity contribution in [3.63, 3.8) is 0 Å². The molecule has 0 bridgehead atoms. The average molecular weight is 344 g/mol. The van der Waals surface area contributed by atoms with Crippen LogP contribution in [0.5, 0.6) is 0 Å². The van der Waals surface area contributed by atoms with E-state index in [1.54, 1.807) is 12.1 Å². The number of nitriles is 1. The van der Waals surface area contributed by atoms with Crippen LogP contribution in [-0.2, 0) is 4.79 Å². The largest absolute Gasteiger partial charge is 0.345 e. The number of nitrogens with zero attached hydrogens (tertiary/aromatic N) is 3. The second-order valence-electron chi connectivity index (χ2n) is 4.44. The second kappa shape index (κ2) is 7.71. The first-order valence-electron chi connectivity index (χ1n) is 6.54. The van der Waals surface area contributed by atoms with E-state index in [1.807, 2.05) is 0 Å². The number of rotatable bonds is 5. The van der Waals surface area contributed by atoms with Crippen LogP contribution in [0.15, 0.2) is 54.4 Å². The van der Waals surface area contributed by atoms with E-state index in [4.69, 9.17) is 16.9 Å². The van der Waals surface area contributed by atoms with Crippen LogP contribution in [0.1, 0.15) is 0 Å². The van der Waals surface area contributed by atoms with Gasteiger partial charge in [-0.1, -0.05) is 17.7 Å². The Morgan fingerprint density at radius 3 is 2.83 bits per heavy atom. The number of nitrogens with one attached hydrogen (secondary N) is 2. The molecule has 1 aromatic carbocycles. The fourth-order valence-electron chi connectivity index (χ4n) is 1.67. The maximum atomic E-state index is 12.1. The third-order valence-corrected chi connectivity index (χ3v) is 3.00. The lowest BCUT2D eigenvalue weighted by Crippen LogP contribution is -2.14. The monoisotopic (exact) mass is 343 g/mol. The number of hydrogen-bond acceptors (Lipinski definition) is 6. The fraction of sp³-hybridized carbons (Fsp3) is 0. The molecule has 2 aromatic rings. The van der Waals surface area contributed by atoms with Crippen molar-refractivity contribution in [2.45, 2.75) is 0 Å². The summed E-state index contributed by atoms with van der Waals surface area (Å²) < 4.78 is 0. The Hall–Kier alpha value is -3.44. The van der Waals surface area contributed by atoms with Gasteiger partial charge in [-0.25, -0.2) is 4.98 Å². The van der Waals surface area contributed by atoms with E-state index in [2.05, 4.69) is 15.6 Å². The van der Waals surface area contributed by atoms with Crippen LogP contribution in [0.25, 0.3) is 0 Å². The Morgan fingerprint density at radius 1 is 1.38 bits per heavy atom. The van der Waals surface area contributed by atoms with Gasteiger partial charge in [0.15, 0.2) is 0 Å². The van der Waals surface area contributed by atoms with Crippen LogP contribution in [0.2, 0.25) is 5.02 Å². The average Bonchev–Trinajstić information content (AvgIpc) is 2.55. The Labute approximate surface area is 141 Å². The van der Waals surface area contributed by atoms with Crippen LogP contribution in [-0.4, -0.2) is 15.8 Å². The van der Waals surface area contributed by atoms with Crippen molar-refractivity contribution in [3.8, 4) is 6.07 Å². The van der Waals surface area contributed by atoms with Crippen LogP contribution in [0, 0.1) is 21.4 Å². The van der Waals surface area contributed by atoms with Gasteiger partial charge in [0, 0.05) is 35.2 Å². The molecule has 0 saturated heterocycles. The number of carbonyl (C=O) groups excluding carboxylic acids is 1. The molecule has 9 heteroatoms. The molecule has 1 amide bonds. The van der Waals surface area contributed by atoms with Crippen molar-refractivity contribution in [2.24, 2.45) is 0 Å². The van der Waals surface area contributed by atoms with Crippen LogP contribution < -0.4 is 10.6 Å². The maximum Gasteiger partial charge on any atom is 0.271 e. The summed E-state index contributed by atoms with van der Waals surface area (Å²) in [5.41, 5.74) is -0.198. The number of halogens is 1. The number of benzene rings is 1. The number of pyridine rings is 1. The molecule has 0 unspecified atom stereocenters. The number of amides is 1. The minimum atomic E-state index is -0.715. The molecule has 0 aliphatic carbocycles. The third-order valence-electron chi connectivity index (χ3n) is 2.77. The van der Waals surface area contributed by atoms with E-state index in [0.717, 1.165) is 0 Å². The summed E-state index contributed by atoms with van der Waals surface area (Å²) in [5, 5.41) is 25.3. The Morgan fingerprint density at radius 2 is 2.17 bits per heavy atom. The van der Waals surface area contributed by atoms with Crippen LogP contribution >= 0.6 is 11.6 Å². The van der Waals surface area contributed by atoms with Crippen molar-refractivity contribution < 1.29 is 9.72 Å². The van der Waals surface area contributed by atoms with Crippen molar-refractivity contribution in [1.29, 1.82) is 5.26 Å². The SMILES string of the molecule is N#C/C(=C/Nc1cc(Cl)ccn1)C(=O)Nc1cccc([N+](=O)[O-])c1. The highest BCUT2D eigenvalue weighted by atomic mass is 35.5. The van der Waals surface area contributed by atoms with Crippen LogP contribution in [0.4, 0.5) is 17.2 Å². The zero-order valence-electron chi connectivity index (χ0n) is 12.1. The third kappa shape index (κ3) is 4.53. The van der Waals surface area contributed by atoms with Crippen LogP contribution in [0.3, 0.4) is 0 Å². The van der Waals surface area contributed by atoms with E-state index in [0.29, 0.717) is 10.8 Å². The molecule has 0 saturated carbocycles. The van der Waals surface area contributed by atoms with Gasteiger partial charge in [-0.05, 0) is 18.2 Å². The molecule has 1 aromatic heterocycles. The summed E-state index contributed by atoms with van der Waals surface area (Å²) in [5.74, 6) is -0.356. The standard InChI is InChI=1S/C15H10ClN5O3/c16-11-4-5-18-14(6-11)19-9-10(8-17)15(22)20-12-2-1-3-13(7-12)21(23)24/h1-7,9H,(H,18,19)(H,20,22)/b10-9-. The number of anilines is 2. The number of nitro benzene ring substituents is 1. The van der Waals surface area contributed by atoms with Gasteiger partial charge in [0.25, 0.3) is 11.6 Å². The predicted octanol–water partition coefficient (Wildman–Crippen LogP) is 3.10. The van der Waals surface area contributed by atoms with E-state index >= 15 is 0 Å². The number of aromatic nitrogens is 1. The van der Waals surface area contributed by atoms with E-state index < -0.39 is 10.8 Å². The normalized spacial score (nSPS) is 10.6. The molecule has 0 aliphatic heterocycles. The maximum absolute atomic E-state index is 12.1. The lowest BCUT2D eigenvalue weighted by Gasteiger charge is -2.05. The molecule has 0 aliphatic rings. The summed E-state index contributed by atoms with van der Waals surface area (Å²) in [4.78, 5) is 26.2. The van der Waals surface area contributed by atoms with Gasteiger partial charge < -0.3 is 10.6 Å². The van der Waals surface area contributed by atoms with Gasteiger partial charge >= 0.3 is 0 Å². The lowest BCUT2D eigenvalue weighted by atomic mass is 10.2. The molecule has 120 valence electrons.